The molecule has 0 aliphatic heterocycles. The van der Waals surface area contributed by atoms with E-state index in [1.54, 1.807) is 13.0 Å². The van der Waals surface area contributed by atoms with Crippen molar-refractivity contribution < 1.29 is 14.9 Å². The van der Waals surface area contributed by atoms with Gasteiger partial charge < -0.3 is 20.7 Å². The SMILES string of the molecule is C[C@@H](O)COc1ccc(O)c(N)c1. The molecule has 0 radical (unpaired) electrons. The van der Waals surface area contributed by atoms with Crippen LogP contribution in [0.15, 0.2) is 18.2 Å². The van der Waals surface area contributed by atoms with Crippen LogP contribution >= 0.6 is 0 Å². The number of nitrogen functional groups attached to an aromatic ring is 1. The highest BCUT2D eigenvalue weighted by Gasteiger charge is 2.01. The van der Waals surface area contributed by atoms with Crippen LogP contribution in [-0.2, 0) is 0 Å². The molecule has 0 saturated carbocycles. The summed E-state index contributed by atoms with van der Waals surface area (Å²) in [7, 11) is 0. The fourth-order valence-electron chi connectivity index (χ4n) is 0.839. The lowest BCUT2D eigenvalue weighted by Gasteiger charge is -2.08. The van der Waals surface area contributed by atoms with E-state index >= 15 is 0 Å². The number of anilines is 1. The second-order valence-electron chi connectivity index (χ2n) is 2.88. The highest BCUT2D eigenvalue weighted by Crippen LogP contribution is 2.24. The quantitative estimate of drug-likeness (QED) is 0.477. The van der Waals surface area contributed by atoms with Gasteiger partial charge in [0.1, 0.15) is 18.1 Å². The van der Waals surface area contributed by atoms with Crippen LogP contribution in [0.4, 0.5) is 5.69 Å². The maximum absolute atomic E-state index is 9.09. The highest BCUT2D eigenvalue weighted by atomic mass is 16.5. The molecule has 1 aromatic carbocycles. The smallest absolute Gasteiger partial charge is 0.138 e. The van der Waals surface area contributed by atoms with Crippen LogP contribution in [0.25, 0.3) is 0 Å². The topological polar surface area (TPSA) is 75.7 Å². The minimum absolute atomic E-state index is 0.0318. The molecule has 1 rings (SSSR count). The Labute approximate surface area is 76.6 Å². The largest absolute Gasteiger partial charge is 0.506 e. The lowest BCUT2D eigenvalue weighted by atomic mass is 10.3. The van der Waals surface area contributed by atoms with Crippen LogP contribution in [0.5, 0.6) is 11.5 Å². The fraction of sp³-hybridized carbons (Fsp3) is 0.333. The minimum atomic E-state index is -0.518. The zero-order valence-electron chi connectivity index (χ0n) is 7.40. The average molecular weight is 183 g/mol. The van der Waals surface area contributed by atoms with Crippen molar-refractivity contribution in [3.05, 3.63) is 18.2 Å². The van der Waals surface area contributed by atoms with Crippen molar-refractivity contribution >= 4 is 5.69 Å². The van der Waals surface area contributed by atoms with E-state index in [1.165, 1.54) is 12.1 Å². The van der Waals surface area contributed by atoms with Crippen molar-refractivity contribution in [3.63, 3.8) is 0 Å². The van der Waals surface area contributed by atoms with Crippen molar-refractivity contribution in [2.75, 3.05) is 12.3 Å². The Bertz CT molecular complexity index is 286. The molecule has 72 valence electrons. The van der Waals surface area contributed by atoms with Gasteiger partial charge in [-0.3, -0.25) is 0 Å². The molecular weight excluding hydrogens is 170 g/mol. The number of ether oxygens (including phenoxy) is 1. The third kappa shape index (κ3) is 2.83. The minimum Gasteiger partial charge on any atom is -0.506 e. The van der Waals surface area contributed by atoms with Gasteiger partial charge in [-0.1, -0.05) is 0 Å². The molecule has 0 amide bonds. The molecule has 4 N–H and O–H groups in total. The number of hydrogen-bond donors (Lipinski definition) is 3. The van der Waals surface area contributed by atoms with Gasteiger partial charge >= 0.3 is 0 Å². The molecule has 4 heteroatoms. The fourth-order valence-corrected chi connectivity index (χ4v) is 0.839. The number of aliphatic hydroxyl groups is 1. The molecule has 0 aromatic heterocycles. The van der Waals surface area contributed by atoms with E-state index in [9.17, 15) is 0 Å². The zero-order valence-corrected chi connectivity index (χ0v) is 7.40. The summed E-state index contributed by atoms with van der Waals surface area (Å²) >= 11 is 0. The highest BCUT2D eigenvalue weighted by molar-refractivity contribution is 5.55. The molecule has 0 unspecified atom stereocenters. The summed E-state index contributed by atoms with van der Waals surface area (Å²) in [5.41, 5.74) is 5.70. The zero-order chi connectivity index (χ0) is 9.84. The summed E-state index contributed by atoms with van der Waals surface area (Å²) in [6.07, 6.45) is -0.518. The van der Waals surface area contributed by atoms with Gasteiger partial charge in [-0.05, 0) is 19.1 Å². The first-order valence-corrected chi connectivity index (χ1v) is 3.99. The van der Waals surface area contributed by atoms with Crippen molar-refractivity contribution in [3.8, 4) is 11.5 Å². The summed E-state index contributed by atoms with van der Waals surface area (Å²) in [5, 5.41) is 18.0. The van der Waals surface area contributed by atoms with E-state index in [0.717, 1.165) is 0 Å². The number of nitrogens with two attached hydrogens (primary N) is 1. The Morgan fingerprint density at radius 2 is 2.23 bits per heavy atom. The van der Waals surface area contributed by atoms with Crippen LogP contribution < -0.4 is 10.5 Å². The maximum atomic E-state index is 9.09. The number of phenols is 1. The molecule has 0 fully saturated rings. The molecule has 0 spiro atoms. The van der Waals surface area contributed by atoms with Gasteiger partial charge in [-0.15, -0.1) is 0 Å². The maximum Gasteiger partial charge on any atom is 0.138 e. The summed E-state index contributed by atoms with van der Waals surface area (Å²) < 4.78 is 5.16. The number of benzene rings is 1. The molecule has 0 saturated heterocycles. The van der Waals surface area contributed by atoms with Crippen LogP contribution in [0.1, 0.15) is 6.92 Å². The Hall–Kier alpha value is -1.42. The average Bonchev–Trinajstić information content (AvgIpc) is 2.07. The molecule has 0 aliphatic carbocycles. The molecule has 1 aromatic rings. The number of aromatic hydroxyl groups is 1. The molecule has 1 atom stereocenters. The van der Waals surface area contributed by atoms with Crippen molar-refractivity contribution in [1.82, 2.24) is 0 Å². The van der Waals surface area contributed by atoms with Gasteiger partial charge in [-0.2, -0.15) is 0 Å². The van der Waals surface area contributed by atoms with Gasteiger partial charge in [0.2, 0.25) is 0 Å². The predicted octanol–water partition coefficient (Wildman–Crippen LogP) is 0.734. The lowest BCUT2D eigenvalue weighted by Crippen LogP contribution is -2.12. The monoisotopic (exact) mass is 183 g/mol. The van der Waals surface area contributed by atoms with E-state index in [2.05, 4.69) is 0 Å². The van der Waals surface area contributed by atoms with Gasteiger partial charge in [0, 0.05) is 6.07 Å². The standard InChI is InChI=1S/C9H13NO3/c1-6(11)5-13-7-2-3-9(12)8(10)4-7/h2-4,6,11-12H,5,10H2,1H3/t6-/m1/s1. The van der Waals surface area contributed by atoms with E-state index in [4.69, 9.17) is 20.7 Å². The van der Waals surface area contributed by atoms with Crippen molar-refractivity contribution in [1.29, 1.82) is 0 Å². The van der Waals surface area contributed by atoms with Crippen LogP contribution in [-0.4, -0.2) is 22.9 Å². The molecule has 0 aliphatic rings. The van der Waals surface area contributed by atoms with Gasteiger partial charge in [-0.25, -0.2) is 0 Å². The summed E-state index contributed by atoms with van der Waals surface area (Å²) in [6.45, 7) is 1.84. The Kier molecular flexibility index (Phi) is 2.97. The summed E-state index contributed by atoms with van der Waals surface area (Å²) in [4.78, 5) is 0. The van der Waals surface area contributed by atoms with Crippen LogP contribution in [0.2, 0.25) is 0 Å². The lowest BCUT2D eigenvalue weighted by molar-refractivity contribution is 0.123. The Balaban J connectivity index is 2.63. The second-order valence-corrected chi connectivity index (χ2v) is 2.88. The van der Waals surface area contributed by atoms with Gasteiger partial charge in [0.25, 0.3) is 0 Å². The van der Waals surface area contributed by atoms with E-state index < -0.39 is 6.10 Å². The number of phenolic OH excluding ortho intramolecular Hbond substituents is 1. The Morgan fingerprint density at radius 3 is 2.77 bits per heavy atom. The first-order valence-electron chi connectivity index (χ1n) is 3.99. The molecule has 0 bridgehead atoms. The third-order valence-electron chi connectivity index (χ3n) is 1.49. The van der Waals surface area contributed by atoms with Crippen molar-refractivity contribution in [2.24, 2.45) is 0 Å². The predicted molar refractivity (Wildman–Crippen MR) is 49.7 cm³/mol. The molecule has 0 heterocycles. The van der Waals surface area contributed by atoms with E-state index in [1.807, 2.05) is 0 Å². The number of aliphatic hydroxyl groups excluding tert-OH is 1. The van der Waals surface area contributed by atoms with Crippen molar-refractivity contribution in [2.45, 2.75) is 13.0 Å². The second kappa shape index (κ2) is 4.00. The van der Waals surface area contributed by atoms with E-state index in [-0.39, 0.29) is 18.0 Å². The van der Waals surface area contributed by atoms with Crippen LogP contribution in [0, 0.1) is 0 Å². The van der Waals surface area contributed by atoms with Crippen LogP contribution in [0.3, 0.4) is 0 Å². The summed E-state index contributed by atoms with van der Waals surface area (Å²) in [6, 6.07) is 4.55. The molecule has 4 nitrogen and oxygen atoms in total. The number of rotatable bonds is 3. The molecular formula is C9H13NO3. The first kappa shape index (κ1) is 9.67. The molecule has 13 heavy (non-hydrogen) atoms. The van der Waals surface area contributed by atoms with Gasteiger partial charge in [0.05, 0.1) is 11.8 Å². The summed E-state index contributed by atoms with van der Waals surface area (Å²) in [5.74, 6) is 0.570. The third-order valence-corrected chi connectivity index (χ3v) is 1.49. The van der Waals surface area contributed by atoms with E-state index in [0.29, 0.717) is 5.75 Å². The van der Waals surface area contributed by atoms with Gasteiger partial charge in [0.15, 0.2) is 0 Å². The number of hydrogen-bond acceptors (Lipinski definition) is 4. The Morgan fingerprint density at radius 1 is 1.54 bits per heavy atom. The first-order chi connectivity index (χ1) is 6.09. The normalized spacial score (nSPS) is 12.5.